The number of hydrogen-bond acceptors (Lipinski definition) is 6. The number of rotatable bonds is 5. The average molecular weight is 318 g/mol. The Morgan fingerprint density at radius 1 is 1.23 bits per heavy atom. The molecule has 0 fully saturated rings. The van der Waals surface area contributed by atoms with Gasteiger partial charge in [-0.2, -0.15) is 0 Å². The molecule has 0 bridgehead atoms. The van der Waals surface area contributed by atoms with E-state index < -0.39 is 11.9 Å². The highest BCUT2D eigenvalue weighted by atomic mass is 32.1. The first-order valence-electron chi connectivity index (χ1n) is 6.38. The fourth-order valence-electron chi connectivity index (χ4n) is 1.78. The molecule has 1 aromatic carbocycles. The third-order valence-electron chi connectivity index (χ3n) is 2.84. The Balaban J connectivity index is 2.43. The Bertz CT molecular complexity index is 710. The zero-order valence-electron chi connectivity index (χ0n) is 11.8. The lowest BCUT2D eigenvalue weighted by molar-refractivity contribution is -0.114. The maximum atomic E-state index is 12.5. The molecule has 0 saturated heterocycles. The molecule has 0 aliphatic rings. The molecule has 0 aliphatic carbocycles. The van der Waals surface area contributed by atoms with Gasteiger partial charge in [-0.1, -0.05) is 30.3 Å². The Morgan fingerprint density at radius 2 is 1.91 bits per heavy atom. The summed E-state index contributed by atoms with van der Waals surface area (Å²) in [4.78, 5) is 35.9. The smallest absolute Gasteiger partial charge is 0.348 e. The predicted octanol–water partition coefficient (Wildman–Crippen LogP) is 1.66. The molecule has 0 unspecified atom stereocenters. The highest BCUT2D eigenvalue weighted by Gasteiger charge is 2.22. The van der Waals surface area contributed by atoms with E-state index in [1.165, 1.54) is 13.2 Å². The Morgan fingerprint density at radius 3 is 2.50 bits per heavy atom. The van der Waals surface area contributed by atoms with Crippen molar-refractivity contribution in [1.82, 2.24) is 0 Å². The van der Waals surface area contributed by atoms with Crippen LogP contribution in [0, 0.1) is 0 Å². The highest BCUT2D eigenvalue weighted by molar-refractivity contribution is 7.18. The summed E-state index contributed by atoms with van der Waals surface area (Å²) in [6.45, 7) is -0.218. The molecule has 0 aliphatic heterocycles. The zero-order valence-corrected chi connectivity index (χ0v) is 12.6. The number of methoxy groups -OCH3 is 1. The number of amides is 1. The van der Waals surface area contributed by atoms with E-state index in [1.807, 2.05) is 0 Å². The summed E-state index contributed by atoms with van der Waals surface area (Å²) in [7, 11) is 1.25. The molecule has 0 spiro atoms. The summed E-state index contributed by atoms with van der Waals surface area (Å²) in [5.74, 6) is -1.31. The van der Waals surface area contributed by atoms with E-state index in [2.05, 4.69) is 10.1 Å². The molecule has 1 aromatic heterocycles. The van der Waals surface area contributed by atoms with Crippen LogP contribution in [0.2, 0.25) is 0 Å². The van der Waals surface area contributed by atoms with Crippen molar-refractivity contribution in [2.24, 2.45) is 5.73 Å². The molecule has 0 atom stereocenters. The van der Waals surface area contributed by atoms with Crippen LogP contribution in [0.3, 0.4) is 0 Å². The van der Waals surface area contributed by atoms with Crippen LogP contribution in [0.1, 0.15) is 25.6 Å². The van der Waals surface area contributed by atoms with Gasteiger partial charge in [-0.3, -0.25) is 9.59 Å². The first kappa shape index (κ1) is 15.9. The number of nitrogens with two attached hydrogens (primary N) is 1. The van der Waals surface area contributed by atoms with E-state index in [-0.39, 0.29) is 27.8 Å². The van der Waals surface area contributed by atoms with Gasteiger partial charge in [-0.05, 0) is 6.07 Å². The minimum absolute atomic E-state index is 0.218. The van der Waals surface area contributed by atoms with Crippen LogP contribution in [0.15, 0.2) is 36.4 Å². The SMILES string of the molecule is COC(=O)c1cc(C(=O)c2ccccc2)c(NC(=O)CN)s1. The monoisotopic (exact) mass is 318 g/mol. The van der Waals surface area contributed by atoms with Gasteiger partial charge in [0.25, 0.3) is 0 Å². The van der Waals surface area contributed by atoms with Crippen LogP contribution >= 0.6 is 11.3 Å². The second kappa shape index (κ2) is 6.97. The van der Waals surface area contributed by atoms with Crippen LogP contribution in [-0.2, 0) is 9.53 Å². The van der Waals surface area contributed by atoms with Gasteiger partial charge in [0.2, 0.25) is 5.91 Å². The molecule has 7 heteroatoms. The number of esters is 1. The molecular weight excluding hydrogens is 304 g/mol. The first-order valence-corrected chi connectivity index (χ1v) is 7.20. The van der Waals surface area contributed by atoms with Crippen molar-refractivity contribution >= 4 is 34.0 Å². The average Bonchev–Trinajstić information content (AvgIpc) is 2.97. The van der Waals surface area contributed by atoms with Crippen LogP contribution < -0.4 is 11.1 Å². The molecule has 2 rings (SSSR count). The summed E-state index contributed by atoms with van der Waals surface area (Å²) in [6.07, 6.45) is 0. The Kier molecular flexibility index (Phi) is 5.03. The lowest BCUT2D eigenvalue weighted by Crippen LogP contribution is -2.22. The van der Waals surface area contributed by atoms with Crippen molar-refractivity contribution in [3.05, 3.63) is 52.4 Å². The predicted molar refractivity (Wildman–Crippen MR) is 83.2 cm³/mol. The van der Waals surface area contributed by atoms with E-state index in [4.69, 9.17) is 5.73 Å². The maximum Gasteiger partial charge on any atom is 0.348 e. The number of carbonyl (C=O) groups is 3. The number of thiophene rings is 1. The fourth-order valence-corrected chi connectivity index (χ4v) is 2.77. The molecule has 3 N–H and O–H groups in total. The summed E-state index contributed by atoms with van der Waals surface area (Å²) in [5.41, 5.74) is 5.96. The second-order valence-electron chi connectivity index (χ2n) is 4.29. The van der Waals surface area contributed by atoms with E-state index >= 15 is 0 Å². The molecule has 0 radical (unpaired) electrons. The second-order valence-corrected chi connectivity index (χ2v) is 5.34. The van der Waals surface area contributed by atoms with Crippen molar-refractivity contribution in [3.63, 3.8) is 0 Å². The lowest BCUT2D eigenvalue weighted by atomic mass is 10.1. The van der Waals surface area contributed by atoms with Crippen LogP contribution in [0.4, 0.5) is 5.00 Å². The molecule has 114 valence electrons. The van der Waals surface area contributed by atoms with Crippen LogP contribution in [-0.4, -0.2) is 31.3 Å². The van der Waals surface area contributed by atoms with Gasteiger partial charge >= 0.3 is 5.97 Å². The molecule has 22 heavy (non-hydrogen) atoms. The largest absolute Gasteiger partial charge is 0.465 e. The molecule has 6 nitrogen and oxygen atoms in total. The minimum Gasteiger partial charge on any atom is -0.465 e. The lowest BCUT2D eigenvalue weighted by Gasteiger charge is -2.04. The van der Waals surface area contributed by atoms with Gasteiger partial charge in [0.15, 0.2) is 5.78 Å². The standard InChI is InChI=1S/C15H14N2O4S/c1-21-15(20)11-7-10(14(22-11)17-12(18)8-16)13(19)9-5-3-2-4-6-9/h2-7H,8,16H2,1H3,(H,17,18). The van der Waals surface area contributed by atoms with Gasteiger partial charge in [0, 0.05) is 5.56 Å². The van der Waals surface area contributed by atoms with E-state index in [0.717, 1.165) is 11.3 Å². The summed E-state index contributed by atoms with van der Waals surface area (Å²) in [5, 5.41) is 2.82. The first-order chi connectivity index (χ1) is 10.6. The van der Waals surface area contributed by atoms with Crippen molar-refractivity contribution < 1.29 is 19.1 Å². The van der Waals surface area contributed by atoms with Crippen LogP contribution in [0.25, 0.3) is 0 Å². The molecular formula is C15H14N2O4S. The number of nitrogens with one attached hydrogen (secondary N) is 1. The topological polar surface area (TPSA) is 98.5 Å². The van der Waals surface area contributed by atoms with Gasteiger partial charge in [-0.25, -0.2) is 4.79 Å². The molecule has 2 aromatic rings. The van der Waals surface area contributed by atoms with Crippen LogP contribution in [0.5, 0.6) is 0 Å². The highest BCUT2D eigenvalue weighted by Crippen LogP contribution is 2.30. The summed E-state index contributed by atoms with van der Waals surface area (Å²) in [6, 6.07) is 10.00. The molecule has 1 heterocycles. The Hall–Kier alpha value is -2.51. The summed E-state index contributed by atoms with van der Waals surface area (Å²) < 4.78 is 4.64. The molecule has 0 saturated carbocycles. The Labute approximate surface area is 130 Å². The number of ketones is 1. The van der Waals surface area contributed by atoms with E-state index in [1.54, 1.807) is 30.3 Å². The maximum absolute atomic E-state index is 12.5. The third kappa shape index (κ3) is 3.38. The van der Waals surface area contributed by atoms with Gasteiger partial charge in [-0.15, -0.1) is 11.3 Å². The summed E-state index contributed by atoms with van der Waals surface area (Å²) >= 11 is 0.976. The molecule has 1 amide bonds. The van der Waals surface area contributed by atoms with E-state index in [9.17, 15) is 14.4 Å². The van der Waals surface area contributed by atoms with Gasteiger partial charge in [0.05, 0.1) is 19.2 Å². The zero-order chi connectivity index (χ0) is 16.1. The number of hydrogen-bond donors (Lipinski definition) is 2. The minimum atomic E-state index is -0.569. The van der Waals surface area contributed by atoms with Crippen molar-refractivity contribution in [1.29, 1.82) is 0 Å². The number of carbonyl (C=O) groups excluding carboxylic acids is 3. The number of anilines is 1. The van der Waals surface area contributed by atoms with Crippen molar-refractivity contribution in [3.8, 4) is 0 Å². The van der Waals surface area contributed by atoms with Crippen molar-refractivity contribution in [2.45, 2.75) is 0 Å². The van der Waals surface area contributed by atoms with Gasteiger partial charge < -0.3 is 15.8 Å². The normalized spacial score (nSPS) is 10.1. The number of benzene rings is 1. The quantitative estimate of drug-likeness (QED) is 0.645. The van der Waals surface area contributed by atoms with Crippen molar-refractivity contribution in [2.75, 3.05) is 19.0 Å². The van der Waals surface area contributed by atoms with E-state index in [0.29, 0.717) is 5.56 Å². The van der Waals surface area contributed by atoms with Gasteiger partial charge in [0.1, 0.15) is 9.88 Å². The fraction of sp³-hybridized carbons (Fsp3) is 0.133. The third-order valence-corrected chi connectivity index (χ3v) is 3.87. The number of ether oxygens (including phenoxy) is 1.